The molecule has 2 atom stereocenters. The molecule has 0 saturated carbocycles. The zero-order chi connectivity index (χ0) is 21.0. The van der Waals surface area contributed by atoms with Crippen molar-refractivity contribution in [3.8, 4) is 0 Å². The van der Waals surface area contributed by atoms with E-state index in [-0.39, 0.29) is 6.03 Å². The lowest BCUT2D eigenvalue weighted by Crippen LogP contribution is -2.51. The fourth-order valence-corrected chi connectivity index (χ4v) is 3.25. The van der Waals surface area contributed by atoms with E-state index in [1.54, 1.807) is 0 Å². The van der Waals surface area contributed by atoms with E-state index in [9.17, 15) is 9.90 Å². The van der Waals surface area contributed by atoms with Crippen LogP contribution in [0.1, 0.15) is 16.7 Å². The normalized spacial score (nSPS) is 12.7. The molecule has 0 aliphatic rings. The summed E-state index contributed by atoms with van der Waals surface area (Å²) in [6, 6.07) is 29.0. The highest BCUT2D eigenvalue weighted by atomic mass is 16.3. The van der Waals surface area contributed by atoms with Crippen molar-refractivity contribution in [1.82, 2.24) is 16.0 Å². The predicted octanol–water partition coefficient (Wildman–Crippen LogP) is 3.25. The van der Waals surface area contributed by atoms with Gasteiger partial charge in [-0.05, 0) is 23.1 Å². The van der Waals surface area contributed by atoms with E-state index in [1.165, 1.54) is 0 Å². The van der Waals surface area contributed by atoms with Gasteiger partial charge < -0.3 is 21.1 Å². The molecule has 0 spiro atoms. The molecule has 30 heavy (non-hydrogen) atoms. The van der Waals surface area contributed by atoms with Crippen LogP contribution < -0.4 is 16.0 Å². The van der Waals surface area contributed by atoms with Gasteiger partial charge in [-0.2, -0.15) is 0 Å². The molecule has 0 fully saturated rings. The first kappa shape index (κ1) is 21.6. The molecule has 2 amide bonds. The maximum atomic E-state index is 12.5. The Morgan fingerprint density at radius 3 is 1.80 bits per heavy atom. The molecule has 0 saturated heterocycles. The van der Waals surface area contributed by atoms with Gasteiger partial charge in [0, 0.05) is 19.6 Å². The summed E-state index contributed by atoms with van der Waals surface area (Å²) in [6.45, 7) is 1.48. The first-order chi connectivity index (χ1) is 14.7. The molecule has 3 rings (SSSR count). The fourth-order valence-electron chi connectivity index (χ4n) is 3.25. The summed E-state index contributed by atoms with van der Waals surface area (Å²) < 4.78 is 0. The quantitative estimate of drug-likeness (QED) is 0.420. The maximum absolute atomic E-state index is 12.5. The Balaban J connectivity index is 1.55. The van der Waals surface area contributed by atoms with E-state index < -0.39 is 12.1 Å². The third-order valence-corrected chi connectivity index (χ3v) is 4.90. The van der Waals surface area contributed by atoms with Crippen molar-refractivity contribution < 1.29 is 9.90 Å². The van der Waals surface area contributed by atoms with Crippen LogP contribution in [0.15, 0.2) is 91.0 Å². The topological polar surface area (TPSA) is 73.4 Å². The van der Waals surface area contributed by atoms with Crippen LogP contribution in [-0.2, 0) is 19.5 Å². The van der Waals surface area contributed by atoms with Gasteiger partial charge in [-0.25, -0.2) is 4.79 Å². The highest BCUT2D eigenvalue weighted by molar-refractivity contribution is 5.74. The second kappa shape index (κ2) is 11.8. The van der Waals surface area contributed by atoms with Gasteiger partial charge in [0.1, 0.15) is 0 Å². The Labute approximate surface area is 178 Å². The summed E-state index contributed by atoms with van der Waals surface area (Å²) in [4.78, 5) is 12.5. The molecule has 2 unspecified atom stereocenters. The van der Waals surface area contributed by atoms with Gasteiger partial charge in [0.15, 0.2) is 0 Å². The van der Waals surface area contributed by atoms with Crippen LogP contribution in [0.4, 0.5) is 4.79 Å². The van der Waals surface area contributed by atoms with Crippen LogP contribution in [0.5, 0.6) is 0 Å². The van der Waals surface area contributed by atoms with E-state index in [0.29, 0.717) is 26.1 Å². The largest absolute Gasteiger partial charge is 0.390 e. The smallest absolute Gasteiger partial charge is 0.315 e. The van der Waals surface area contributed by atoms with Crippen LogP contribution >= 0.6 is 0 Å². The second-order valence-electron chi connectivity index (χ2n) is 7.29. The van der Waals surface area contributed by atoms with Crippen LogP contribution in [0.25, 0.3) is 0 Å². The number of urea groups is 1. The highest BCUT2D eigenvalue weighted by Crippen LogP contribution is 2.07. The van der Waals surface area contributed by atoms with Crippen molar-refractivity contribution in [1.29, 1.82) is 0 Å². The van der Waals surface area contributed by atoms with Crippen molar-refractivity contribution >= 4 is 6.03 Å². The molecule has 3 aromatic carbocycles. The summed E-state index contributed by atoms with van der Waals surface area (Å²) in [5, 5.41) is 19.9. The molecule has 156 valence electrons. The monoisotopic (exact) mass is 403 g/mol. The molecule has 4 N–H and O–H groups in total. The van der Waals surface area contributed by atoms with E-state index in [4.69, 9.17) is 0 Å². The van der Waals surface area contributed by atoms with Gasteiger partial charge >= 0.3 is 6.03 Å². The number of carbonyl (C=O) groups is 1. The number of hydrogen-bond donors (Lipinski definition) is 4. The van der Waals surface area contributed by atoms with Crippen LogP contribution in [0.3, 0.4) is 0 Å². The van der Waals surface area contributed by atoms with Crippen LogP contribution in [0, 0.1) is 0 Å². The molecule has 0 bridgehead atoms. The lowest BCUT2D eigenvalue weighted by molar-refractivity contribution is 0.126. The summed E-state index contributed by atoms with van der Waals surface area (Å²) >= 11 is 0. The van der Waals surface area contributed by atoms with Gasteiger partial charge in [-0.15, -0.1) is 0 Å². The summed E-state index contributed by atoms with van der Waals surface area (Å²) in [6.07, 6.45) is -0.176. The molecular formula is C25H29N3O2. The molecule has 0 radical (unpaired) electrons. The van der Waals surface area contributed by atoms with Crippen molar-refractivity contribution in [3.05, 3.63) is 108 Å². The zero-order valence-electron chi connectivity index (χ0n) is 17.0. The number of benzene rings is 3. The first-order valence-corrected chi connectivity index (χ1v) is 10.3. The third-order valence-electron chi connectivity index (χ3n) is 4.90. The SMILES string of the molecule is O=C(NCc1ccccc1)NC(Cc1ccccc1)C(O)CNCc1ccccc1. The molecule has 3 aromatic rings. The van der Waals surface area contributed by atoms with Crippen molar-refractivity contribution in [2.45, 2.75) is 31.7 Å². The van der Waals surface area contributed by atoms with Gasteiger partial charge in [-0.3, -0.25) is 0 Å². The summed E-state index contributed by atoms with van der Waals surface area (Å²) in [5.41, 5.74) is 3.24. The number of nitrogens with one attached hydrogen (secondary N) is 3. The average molecular weight is 404 g/mol. The third kappa shape index (κ3) is 7.35. The Kier molecular flexibility index (Phi) is 8.45. The van der Waals surface area contributed by atoms with Gasteiger partial charge in [-0.1, -0.05) is 91.0 Å². The number of hydrogen-bond acceptors (Lipinski definition) is 3. The molecule has 0 aromatic heterocycles. The molecule has 5 nitrogen and oxygen atoms in total. The lowest BCUT2D eigenvalue weighted by atomic mass is 10.0. The molecule has 5 heteroatoms. The van der Waals surface area contributed by atoms with Crippen LogP contribution in [-0.4, -0.2) is 29.8 Å². The van der Waals surface area contributed by atoms with Crippen LogP contribution in [0.2, 0.25) is 0 Å². The first-order valence-electron chi connectivity index (χ1n) is 10.3. The minimum atomic E-state index is -0.726. The van der Waals surface area contributed by atoms with Crippen molar-refractivity contribution in [2.24, 2.45) is 0 Å². The number of rotatable bonds is 10. The highest BCUT2D eigenvalue weighted by Gasteiger charge is 2.21. The van der Waals surface area contributed by atoms with Crippen molar-refractivity contribution in [3.63, 3.8) is 0 Å². The average Bonchev–Trinajstić information content (AvgIpc) is 2.79. The summed E-state index contributed by atoms with van der Waals surface area (Å²) in [5.74, 6) is 0. The Bertz CT molecular complexity index is 873. The minimum Gasteiger partial charge on any atom is -0.390 e. The second-order valence-corrected chi connectivity index (χ2v) is 7.29. The molecular weight excluding hydrogens is 374 g/mol. The molecule has 0 heterocycles. The molecule has 0 aliphatic carbocycles. The lowest BCUT2D eigenvalue weighted by Gasteiger charge is -2.25. The number of aliphatic hydroxyl groups is 1. The van der Waals surface area contributed by atoms with Gasteiger partial charge in [0.05, 0.1) is 12.1 Å². The van der Waals surface area contributed by atoms with Crippen molar-refractivity contribution in [2.75, 3.05) is 6.54 Å². The van der Waals surface area contributed by atoms with E-state index in [2.05, 4.69) is 16.0 Å². The Hall–Kier alpha value is -3.15. The summed E-state index contributed by atoms with van der Waals surface area (Å²) in [7, 11) is 0. The Morgan fingerprint density at radius 2 is 1.23 bits per heavy atom. The zero-order valence-corrected chi connectivity index (χ0v) is 17.0. The standard InChI is InChI=1S/C25H29N3O2/c29-24(19-26-17-21-12-6-2-7-13-21)23(16-20-10-4-1-5-11-20)28-25(30)27-18-22-14-8-3-9-15-22/h1-15,23-24,26,29H,16-19H2,(H2,27,28,30). The fraction of sp³-hybridized carbons (Fsp3) is 0.240. The molecule has 0 aliphatic heterocycles. The van der Waals surface area contributed by atoms with Gasteiger partial charge in [0.25, 0.3) is 0 Å². The van der Waals surface area contributed by atoms with E-state index in [0.717, 1.165) is 16.7 Å². The predicted molar refractivity (Wildman–Crippen MR) is 120 cm³/mol. The van der Waals surface area contributed by atoms with E-state index in [1.807, 2.05) is 91.0 Å². The van der Waals surface area contributed by atoms with Gasteiger partial charge in [0.2, 0.25) is 0 Å². The Morgan fingerprint density at radius 1 is 0.733 bits per heavy atom. The maximum Gasteiger partial charge on any atom is 0.315 e. The number of aliphatic hydroxyl groups excluding tert-OH is 1. The van der Waals surface area contributed by atoms with E-state index >= 15 is 0 Å². The number of amides is 2. The minimum absolute atomic E-state index is 0.290. The number of carbonyl (C=O) groups excluding carboxylic acids is 1.